The highest BCUT2D eigenvalue weighted by Crippen LogP contribution is 2.17. The second-order valence-electron chi connectivity index (χ2n) is 2.94. The zero-order chi connectivity index (χ0) is 12.8. The van der Waals surface area contributed by atoms with Crippen molar-refractivity contribution in [1.29, 1.82) is 0 Å². The third-order valence-corrected chi connectivity index (χ3v) is 4.62. The minimum Gasteiger partial charge on any atom is -0.455 e. The van der Waals surface area contributed by atoms with E-state index in [1.54, 1.807) is 0 Å². The molecule has 0 aromatic rings. The van der Waals surface area contributed by atoms with Crippen LogP contribution in [0.25, 0.3) is 0 Å². The molecule has 0 aliphatic rings. The Hall–Kier alpha value is -1.02. The predicted octanol–water partition coefficient (Wildman–Crippen LogP) is 0.544. The largest absolute Gasteiger partial charge is 0.705 e. The second kappa shape index (κ2) is 6.54. The Bertz CT molecular complexity index is 251. The highest BCUT2D eigenvalue weighted by atomic mass is 32.1. The van der Waals surface area contributed by atoms with E-state index in [0.717, 1.165) is 20.8 Å². The third kappa shape index (κ3) is 5.76. The number of thiol groups is 1. The fraction of sp³-hybridized carbons (Fsp3) is 0.625. The van der Waals surface area contributed by atoms with Crippen molar-refractivity contribution in [3.05, 3.63) is 0 Å². The zero-order valence-corrected chi connectivity index (χ0v) is 11.2. The van der Waals surface area contributed by atoms with E-state index in [2.05, 4.69) is 12.6 Å². The molecule has 0 bridgehead atoms. The van der Waals surface area contributed by atoms with Crippen LogP contribution in [0.1, 0.15) is 20.8 Å². The van der Waals surface area contributed by atoms with E-state index in [9.17, 15) is 14.4 Å². The summed E-state index contributed by atoms with van der Waals surface area (Å²) in [7, 11) is -3.61. The van der Waals surface area contributed by atoms with Gasteiger partial charge in [-0.1, -0.05) is 0 Å². The molecule has 0 unspecified atom stereocenters. The van der Waals surface area contributed by atoms with Crippen molar-refractivity contribution >= 4 is 39.3 Å². The molecule has 0 fully saturated rings. The van der Waals surface area contributed by atoms with E-state index in [4.69, 9.17) is 13.3 Å². The van der Waals surface area contributed by atoms with Gasteiger partial charge in [0.25, 0.3) is 17.9 Å². The molecule has 6 nitrogen and oxygen atoms in total. The lowest BCUT2D eigenvalue weighted by molar-refractivity contribution is -0.147. The van der Waals surface area contributed by atoms with Gasteiger partial charge in [-0.25, -0.2) is 0 Å². The monoisotopic (exact) mass is 266 g/mol. The van der Waals surface area contributed by atoms with Crippen LogP contribution in [0.4, 0.5) is 0 Å². The van der Waals surface area contributed by atoms with Gasteiger partial charge >= 0.3 is 8.80 Å². The molecule has 0 aromatic heterocycles. The summed E-state index contributed by atoms with van der Waals surface area (Å²) < 4.78 is 14.6. The summed E-state index contributed by atoms with van der Waals surface area (Å²) in [4.78, 5) is 32.7. The predicted molar refractivity (Wildman–Crippen MR) is 59.7 cm³/mol. The molecule has 0 aliphatic heterocycles. The van der Waals surface area contributed by atoms with Crippen molar-refractivity contribution in [3.63, 3.8) is 0 Å². The molecule has 0 amide bonds. The lowest BCUT2D eigenvalue weighted by Crippen LogP contribution is -2.49. The summed E-state index contributed by atoms with van der Waals surface area (Å²) in [6.45, 7) is 3.44. The topological polar surface area (TPSA) is 78.9 Å². The Balaban J connectivity index is 4.93. The molecule has 0 radical (unpaired) electrons. The van der Waals surface area contributed by atoms with Gasteiger partial charge in [-0.15, -0.1) is 0 Å². The van der Waals surface area contributed by atoms with Gasteiger partial charge in [0.15, 0.2) is 0 Å². The first kappa shape index (κ1) is 15.0. The molecule has 0 aliphatic carbocycles. The molecule has 0 saturated carbocycles. The molecule has 0 spiro atoms. The molecule has 0 atom stereocenters. The summed E-state index contributed by atoms with van der Waals surface area (Å²) in [5.74, 6) is -1.75. The van der Waals surface area contributed by atoms with Gasteiger partial charge in [-0.2, -0.15) is 12.6 Å². The van der Waals surface area contributed by atoms with Gasteiger partial charge in [0.05, 0.1) is 6.04 Å². The van der Waals surface area contributed by atoms with Crippen LogP contribution in [0.15, 0.2) is 0 Å². The fourth-order valence-electron chi connectivity index (χ4n) is 1.01. The number of hydrogen-bond donors (Lipinski definition) is 1. The Morgan fingerprint density at radius 1 is 0.938 bits per heavy atom. The van der Waals surface area contributed by atoms with E-state index in [-0.39, 0.29) is 11.8 Å². The number of carbonyl (C=O) groups excluding carboxylic acids is 3. The average Bonchev–Trinajstić information content (AvgIpc) is 1.98. The van der Waals surface area contributed by atoms with Crippen molar-refractivity contribution in [2.75, 3.05) is 5.75 Å². The molecule has 0 aromatic carbocycles. The summed E-state index contributed by atoms with van der Waals surface area (Å²) in [6, 6.07) is 0.0921. The van der Waals surface area contributed by atoms with Crippen LogP contribution in [0.3, 0.4) is 0 Å². The maximum Gasteiger partial charge on any atom is 0.705 e. The van der Waals surface area contributed by atoms with Crippen LogP contribution in [-0.2, 0) is 27.7 Å². The van der Waals surface area contributed by atoms with Crippen LogP contribution in [0.5, 0.6) is 0 Å². The maximum absolute atomic E-state index is 10.9. The van der Waals surface area contributed by atoms with E-state index >= 15 is 0 Å². The summed E-state index contributed by atoms with van der Waals surface area (Å²) in [5.41, 5.74) is 0. The van der Waals surface area contributed by atoms with Crippen molar-refractivity contribution in [2.24, 2.45) is 0 Å². The molecular weight excluding hydrogens is 252 g/mol. The molecule has 0 rings (SSSR count). The van der Waals surface area contributed by atoms with Gasteiger partial charge in [0.1, 0.15) is 0 Å². The number of carbonyl (C=O) groups is 3. The quantitative estimate of drug-likeness (QED) is 0.578. The lowest BCUT2D eigenvalue weighted by atomic mass is 10.9. The van der Waals surface area contributed by atoms with Gasteiger partial charge in [0, 0.05) is 20.8 Å². The van der Waals surface area contributed by atoms with Crippen molar-refractivity contribution in [2.45, 2.75) is 26.8 Å². The molecule has 92 valence electrons. The van der Waals surface area contributed by atoms with Gasteiger partial charge < -0.3 is 13.3 Å². The second-order valence-corrected chi connectivity index (χ2v) is 5.86. The fourth-order valence-corrected chi connectivity index (χ4v) is 3.85. The first-order valence-corrected chi connectivity index (χ1v) is 7.07. The minimum atomic E-state index is -3.61. The normalized spacial score (nSPS) is 10.5. The standard InChI is InChI=1S/C8H14O6SSi/c1-6(9)12-16(5-4-15,13-7(2)10)14-8(3)11/h15H,4-5H2,1-3H3. The highest BCUT2D eigenvalue weighted by Gasteiger charge is 2.50. The third-order valence-electron chi connectivity index (χ3n) is 1.32. The first-order valence-electron chi connectivity index (χ1n) is 4.51. The maximum atomic E-state index is 10.9. The lowest BCUT2D eigenvalue weighted by Gasteiger charge is -2.25. The van der Waals surface area contributed by atoms with E-state index in [0.29, 0.717) is 0 Å². The SMILES string of the molecule is CC(=O)O[Si](CCS)(OC(C)=O)OC(C)=O. The minimum absolute atomic E-state index is 0.0921. The highest BCUT2D eigenvalue weighted by molar-refractivity contribution is 7.80. The Kier molecular flexibility index (Phi) is 6.12. The van der Waals surface area contributed by atoms with Gasteiger partial charge in [0.2, 0.25) is 0 Å². The molecule has 0 heterocycles. The number of hydrogen-bond acceptors (Lipinski definition) is 7. The average molecular weight is 266 g/mol. The molecule has 16 heavy (non-hydrogen) atoms. The first-order chi connectivity index (χ1) is 7.31. The Morgan fingerprint density at radius 3 is 1.44 bits per heavy atom. The number of rotatable bonds is 5. The summed E-state index contributed by atoms with van der Waals surface area (Å²) in [5, 5.41) is 0. The Labute approximate surface area is 100 Å². The van der Waals surface area contributed by atoms with E-state index < -0.39 is 26.7 Å². The van der Waals surface area contributed by atoms with Crippen LogP contribution < -0.4 is 0 Å². The molecule has 8 heteroatoms. The van der Waals surface area contributed by atoms with Crippen LogP contribution in [0, 0.1) is 0 Å². The van der Waals surface area contributed by atoms with Crippen LogP contribution in [0.2, 0.25) is 6.04 Å². The van der Waals surface area contributed by atoms with Crippen molar-refractivity contribution in [3.8, 4) is 0 Å². The molecule has 0 saturated heterocycles. The van der Waals surface area contributed by atoms with Crippen molar-refractivity contribution in [1.82, 2.24) is 0 Å². The zero-order valence-electron chi connectivity index (χ0n) is 9.31. The van der Waals surface area contributed by atoms with Crippen LogP contribution >= 0.6 is 12.6 Å². The molecule has 0 N–H and O–H groups in total. The van der Waals surface area contributed by atoms with Gasteiger partial charge in [-0.05, 0) is 5.75 Å². The molecular formula is C8H14O6SSi. The smallest absolute Gasteiger partial charge is 0.455 e. The summed E-state index contributed by atoms with van der Waals surface area (Å²) in [6.07, 6.45) is 0. The summed E-state index contributed by atoms with van der Waals surface area (Å²) >= 11 is 3.94. The Morgan fingerprint density at radius 2 is 1.25 bits per heavy atom. The van der Waals surface area contributed by atoms with Gasteiger partial charge in [-0.3, -0.25) is 14.4 Å². The van der Waals surface area contributed by atoms with E-state index in [1.165, 1.54) is 0 Å². The van der Waals surface area contributed by atoms with Crippen LogP contribution in [-0.4, -0.2) is 32.5 Å². The van der Waals surface area contributed by atoms with E-state index in [1.807, 2.05) is 0 Å². The van der Waals surface area contributed by atoms with Crippen molar-refractivity contribution < 1.29 is 27.7 Å².